The van der Waals surface area contributed by atoms with Crippen LogP contribution in [0.1, 0.15) is 5.56 Å². The van der Waals surface area contributed by atoms with Gasteiger partial charge in [0.2, 0.25) is 0 Å². The van der Waals surface area contributed by atoms with Crippen LogP contribution in [0, 0.1) is 5.82 Å². The number of piperazine rings is 1. The minimum absolute atomic E-state index is 0.0197. The molecule has 0 radical (unpaired) electrons. The Labute approximate surface area is 158 Å². The smallest absolute Gasteiger partial charge is 0.260 e. The van der Waals surface area contributed by atoms with Gasteiger partial charge in [-0.1, -0.05) is 29.8 Å². The first-order chi connectivity index (χ1) is 12.6. The zero-order chi connectivity index (χ0) is 18.4. The molecule has 2 aromatic rings. The molecule has 1 fully saturated rings. The molecule has 0 bridgehead atoms. The highest BCUT2D eigenvalue weighted by atomic mass is 35.5. The number of carbonyl (C=O) groups excluding carboxylic acids is 1. The summed E-state index contributed by atoms with van der Waals surface area (Å²) in [6, 6.07) is 13.8. The molecule has 1 aliphatic heterocycles. The average molecular weight is 377 g/mol. The lowest BCUT2D eigenvalue weighted by atomic mass is 10.1. The second-order valence-corrected chi connectivity index (χ2v) is 6.74. The number of carbonyl (C=O) groups is 1. The van der Waals surface area contributed by atoms with Gasteiger partial charge >= 0.3 is 0 Å². The zero-order valence-corrected chi connectivity index (χ0v) is 15.3. The van der Waals surface area contributed by atoms with Gasteiger partial charge < -0.3 is 9.64 Å². The van der Waals surface area contributed by atoms with Crippen molar-refractivity contribution in [2.45, 2.75) is 6.42 Å². The highest BCUT2D eigenvalue weighted by molar-refractivity contribution is 6.30. The highest BCUT2D eigenvalue weighted by Crippen LogP contribution is 2.16. The quantitative estimate of drug-likeness (QED) is 0.776. The second-order valence-electron chi connectivity index (χ2n) is 6.31. The van der Waals surface area contributed by atoms with E-state index in [4.69, 9.17) is 16.3 Å². The van der Waals surface area contributed by atoms with Gasteiger partial charge in [0.25, 0.3) is 5.91 Å². The van der Waals surface area contributed by atoms with Crippen LogP contribution in [0.15, 0.2) is 48.5 Å². The van der Waals surface area contributed by atoms with Crippen LogP contribution < -0.4 is 4.74 Å². The molecule has 26 heavy (non-hydrogen) atoms. The normalized spacial score (nSPS) is 15.1. The van der Waals surface area contributed by atoms with E-state index in [2.05, 4.69) is 4.90 Å². The number of amides is 1. The van der Waals surface area contributed by atoms with Gasteiger partial charge in [-0.2, -0.15) is 0 Å². The van der Waals surface area contributed by atoms with Crippen molar-refractivity contribution in [3.8, 4) is 5.75 Å². The van der Waals surface area contributed by atoms with Crippen LogP contribution in [-0.4, -0.2) is 55.0 Å². The third-order valence-corrected chi connectivity index (χ3v) is 4.81. The van der Waals surface area contributed by atoms with E-state index >= 15 is 0 Å². The summed E-state index contributed by atoms with van der Waals surface area (Å²) in [5, 5.41) is 0.634. The van der Waals surface area contributed by atoms with E-state index in [1.807, 2.05) is 17.0 Å². The molecular weight excluding hydrogens is 355 g/mol. The molecule has 0 unspecified atom stereocenters. The molecule has 4 nitrogen and oxygen atoms in total. The predicted molar refractivity (Wildman–Crippen MR) is 100 cm³/mol. The van der Waals surface area contributed by atoms with Crippen molar-refractivity contribution >= 4 is 17.5 Å². The van der Waals surface area contributed by atoms with Gasteiger partial charge in [-0.05, 0) is 42.3 Å². The van der Waals surface area contributed by atoms with E-state index in [-0.39, 0.29) is 18.3 Å². The van der Waals surface area contributed by atoms with Gasteiger partial charge in [-0.15, -0.1) is 0 Å². The monoisotopic (exact) mass is 376 g/mol. The van der Waals surface area contributed by atoms with Crippen molar-refractivity contribution in [3.63, 3.8) is 0 Å². The lowest BCUT2D eigenvalue weighted by Crippen LogP contribution is -2.50. The molecule has 1 heterocycles. The van der Waals surface area contributed by atoms with Crippen LogP contribution in [0.3, 0.4) is 0 Å². The van der Waals surface area contributed by atoms with Gasteiger partial charge in [0.05, 0.1) is 0 Å². The molecule has 0 saturated carbocycles. The highest BCUT2D eigenvalue weighted by Gasteiger charge is 2.21. The largest absolute Gasteiger partial charge is 0.484 e. The molecule has 0 N–H and O–H groups in total. The molecule has 0 aliphatic carbocycles. The lowest BCUT2D eigenvalue weighted by molar-refractivity contribution is -0.135. The van der Waals surface area contributed by atoms with Gasteiger partial charge in [-0.3, -0.25) is 9.69 Å². The van der Waals surface area contributed by atoms with Crippen LogP contribution in [0.4, 0.5) is 4.39 Å². The van der Waals surface area contributed by atoms with E-state index in [0.717, 1.165) is 25.2 Å². The van der Waals surface area contributed by atoms with E-state index in [1.165, 1.54) is 6.07 Å². The van der Waals surface area contributed by atoms with Crippen molar-refractivity contribution < 1.29 is 13.9 Å². The third kappa shape index (κ3) is 5.19. The van der Waals surface area contributed by atoms with E-state index < -0.39 is 0 Å². The summed E-state index contributed by atoms with van der Waals surface area (Å²) in [5.74, 6) is 0.459. The summed E-state index contributed by atoms with van der Waals surface area (Å²) in [7, 11) is 0. The molecule has 1 amide bonds. The number of nitrogens with zero attached hydrogens (tertiary/aromatic N) is 2. The molecule has 6 heteroatoms. The maximum Gasteiger partial charge on any atom is 0.260 e. The molecule has 0 aromatic heterocycles. The average Bonchev–Trinajstić information content (AvgIpc) is 2.67. The first-order valence-electron chi connectivity index (χ1n) is 8.74. The molecule has 1 saturated heterocycles. The van der Waals surface area contributed by atoms with Crippen LogP contribution in [0.25, 0.3) is 0 Å². The Kier molecular flexibility index (Phi) is 6.47. The second kappa shape index (κ2) is 9.01. The Bertz CT molecular complexity index is 731. The van der Waals surface area contributed by atoms with Crippen LogP contribution >= 0.6 is 11.6 Å². The Morgan fingerprint density at radius 3 is 2.42 bits per heavy atom. The van der Waals surface area contributed by atoms with Crippen molar-refractivity contribution in [2.24, 2.45) is 0 Å². The van der Waals surface area contributed by atoms with Crippen LogP contribution in [-0.2, 0) is 11.2 Å². The standard InChI is InChI=1S/C20H22ClFN2O2/c21-17-5-7-18(8-6-17)26-15-20(25)24-13-11-23(12-14-24)10-9-16-3-1-2-4-19(16)22/h1-8H,9-15H2. The summed E-state index contributed by atoms with van der Waals surface area (Å²) in [6.07, 6.45) is 0.681. The Hall–Kier alpha value is -2.11. The topological polar surface area (TPSA) is 32.8 Å². The number of hydrogen-bond donors (Lipinski definition) is 0. The van der Waals surface area contributed by atoms with E-state index in [9.17, 15) is 9.18 Å². The molecule has 3 rings (SSSR count). The Balaban J connectivity index is 1.39. The van der Waals surface area contributed by atoms with Crippen LogP contribution in [0.2, 0.25) is 5.02 Å². The number of benzene rings is 2. The van der Waals surface area contributed by atoms with Gasteiger partial charge in [0.1, 0.15) is 11.6 Å². The minimum Gasteiger partial charge on any atom is -0.484 e. The Morgan fingerprint density at radius 1 is 1.04 bits per heavy atom. The number of halogens is 2. The molecular formula is C20H22ClFN2O2. The summed E-state index contributed by atoms with van der Waals surface area (Å²) < 4.78 is 19.2. The first kappa shape index (κ1) is 18.7. The number of rotatable bonds is 6. The molecule has 2 aromatic carbocycles. The van der Waals surface area contributed by atoms with Gasteiger partial charge in [-0.25, -0.2) is 4.39 Å². The molecule has 138 valence electrons. The summed E-state index contributed by atoms with van der Waals surface area (Å²) in [4.78, 5) is 16.4. The van der Waals surface area contributed by atoms with E-state index in [1.54, 1.807) is 30.3 Å². The fourth-order valence-corrected chi connectivity index (χ4v) is 3.09. The van der Waals surface area contributed by atoms with Gasteiger partial charge in [0.15, 0.2) is 6.61 Å². The van der Waals surface area contributed by atoms with Crippen molar-refractivity contribution in [2.75, 3.05) is 39.3 Å². The Morgan fingerprint density at radius 2 is 1.73 bits per heavy atom. The summed E-state index contributed by atoms with van der Waals surface area (Å²) in [5.41, 5.74) is 0.738. The maximum atomic E-state index is 13.7. The van der Waals surface area contributed by atoms with E-state index in [0.29, 0.717) is 30.3 Å². The summed E-state index contributed by atoms with van der Waals surface area (Å²) in [6.45, 7) is 3.74. The fourth-order valence-electron chi connectivity index (χ4n) is 2.97. The van der Waals surface area contributed by atoms with Crippen LogP contribution in [0.5, 0.6) is 5.75 Å². The molecule has 0 atom stereocenters. The summed E-state index contributed by atoms with van der Waals surface area (Å²) >= 11 is 5.83. The lowest BCUT2D eigenvalue weighted by Gasteiger charge is -2.34. The fraction of sp³-hybridized carbons (Fsp3) is 0.350. The SMILES string of the molecule is O=C(COc1ccc(Cl)cc1)N1CCN(CCc2ccccc2F)CC1. The number of hydrogen-bond acceptors (Lipinski definition) is 3. The molecule has 0 spiro atoms. The molecule has 1 aliphatic rings. The maximum absolute atomic E-state index is 13.7. The van der Waals surface area contributed by atoms with Crippen molar-refractivity contribution in [1.82, 2.24) is 9.80 Å². The minimum atomic E-state index is -0.152. The van der Waals surface area contributed by atoms with Gasteiger partial charge in [0, 0.05) is 37.7 Å². The predicted octanol–water partition coefficient (Wildman–Crippen LogP) is 3.24. The first-order valence-corrected chi connectivity index (χ1v) is 9.11. The van der Waals surface area contributed by atoms with Crippen molar-refractivity contribution in [3.05, 3.63) is 64.9 Å². The zero-order valence-electron chi connectivity index (χ0n) is 14.5. The number of ether oxygens (including phenoxy) is 1. The van der Waals surface area contributed by atoms with Crippen molar-refractivity contribution in [1.29, 1.82) is 0 Å². The third-order valence-electron chi connectivity index (χ3n) is 4.56.